The SMILES string of the molecule is CC1CCCC(N)(C(=O)NCC2(C(=O)O)CCOCC2)C1. The molecule has 1 heterocycles. The Balaban J connectivity index is 1.97. The van der Waals surface area contributed by atoms with Gasteiger partial charge >= 0.3 is 5.97 Å². The predicted octanol–water partition coefficient (Wildman–Crippen LogP) is 0.892. The third-order valence-corrected chi connectivity index (χ3v) is 4.98. The molecule has 2 unspecified atom stereocenters. The summed E-state index contributed by atoms with van der Waals surface area (Å²) in [6.45, 7) is 3.09. The number of amides is 1. The van der Waals surface area contributed by atoms with Gasteiger partial charge in [-0.1, -0.05) is 19.8 Å². The minimum Gasteiger partial charge on any atom is -0.481 e. The lowest BCUT2D eigenvalue weighted by molar-refractivity contribution is -0.155. The van der Waals surface area contributed by atoms with Gasteiger partial charge in [-0.25, -0.2) is 0 Å². The zero-order valence-corrected chi connectivity index (χ0v) is 12.7. The summed E-state index contributed by atoms with van der Waals surface area (Å²) in [5.41, 5.74) is 4.49. The number of rotatable bonds is 4. The number of carbonyl (C=O) groups excluding carboxylic acids is 1. The minimum atomic E-state index is -0.912. The quantitative estimate of drug-likeness (QED) is 0.715. The number of carboxylic acids is 1. The van der Waals surface area contributed by atoms with E-state index in [1.807, 2.05) is 0 Å². The molecule has 0 radical (unpaired) electrons. The van der Waals surface area contributed by atoms with E-state index in [0.717, 1.165) is 12.8 Å². The Hall–Kier alpha value is -1.14. The van der Waals surface area contributed by atoms with Crippen molar-refractivity contribution < 1.29 is 19.4 Å². The Morgan fingerprint density at radius 3 is 2.57 bits per heavy atom. The molecule has 0 aromatic carbocycles. The molecule has 0 spiro atoms. The first kappa shape index (κ1) is 16.2. The van der Waals surface area contributed by atoms with Crippen LogP contribution in [-0.4, -0.2) is 42.3 Å². The van der Waals surface area contributed by atoms with Crippen molar-refractivity contribution in [3.8, 4) is 0 Å². The van der Waals surface area contributed by atoms with Crippen LogP contribution >= 0.6 is 0 Å². The van der Waals surface area contributed by atoms with Crippen LogP contribution in [0.25, 0.3) is 0 Å². The fraction of sp³-hybridized carbons (Fsp3) is 0.867. The van der Waals surface area contributed by atoms with Gasteiger partial charge in [0, 0.05) is 19.8 Å². The number of carbonyl (C=O) groups is 2. The van der Waals surface area contributed by atoms with Crippen molar-refractivity contribution in [2.24, 2.45) is 17.1 Å². The molecule has 1 aliphatic heterocycles. The van der Waals surface area contributed by atoms with Gasteiger partial charge in [0.1, 0.15) is 0 Å². The van der Waals surface area contributed by atoms with E-state index in [0.29, 0.717) is 44.8 Å². The predicted molar refractivity (Wildman–Crippen MR) is 77.7 cm³/mol. The van der Waals surface area contributed by atoms with Crippen molar-refractivity contribution in [3.63, 3.8) is 0 Å². The smallest absolute Gasteiger partial charge is 0.311 e. The molecule has 0 aromatic heterocycles. The highest BCUT2D eigenvalue weighted by Gasteiger charge is 2.43. The van der Waals surface area contributed by atoms with E-state index in [-0.39, 0.29) is 12.5 Å². The van der Waals surface area contributed by atoms with Crippen LogP contribution in [-0.2, 0) is 14.3 Å². The maximum atomic E-state index is 12.4. The second kappa shape index (κ2) is 6.32. The third kappa shape index (κ3) is 3.55. The fourth-order valence-electron chi connectivity index (χ4n) is 3.45. The number of aliphatic carboxylic acids is 1. The highest BCUT2D eigenvalue weighted by Crippen LogP contribution is 2.32. The Kier molecular flexibility index (Phi) is 4.88. The number of carboxylic acid groups (broad SMARTS) is 1. The average Bonchev–Trinajstić information content (AvgIpc) is 2.45. The maximum absolute atomic E-state index is 12.4. The summed E-state index contributed by atoms with van der Waals surface area (Å²) in [4.78, 5) is 24.0. The van der Waals surface area contributed by atoms with Crippen LogP contribution in [0.5, 0.6) is 0 Å². The lowest BCUT2D eigenvalue weighted by Gasteiger charge is -2.38. The fourth-order valence-corrected chi connectivity index (χ4v) is 3.45. The zero-order valence-electron chi connectivity index (χ0n) is 12.7. The molecule has 120 valence electrons. The van der Waals surface area contributed by atoms with Gasteiger partial charge in [-0.15, -0.1) is 0 Å². The normalized spacial score (nSPS) is 32.4. The lowest BCUT2D eigenvalue weighted by Crippen LogP contribution is -2.58. The molecule has 4 N–H and O–H groups in total. The van der Waals surface area contributed by atoms with Gasteiger partial charge in [0.2, 0.25) is 5.91 Å². The van der Waals surface area contributed by atoms with E-state index in [2.05, 4.69) is 12.2 Å². The summed E-state index contributed by atoms with van der Waals surface area (Å²) in [7, 11) is 0. The summed E-state index contributed by atoms with van der Waals surface area (Å²) in [5.74, 6) is -0.638. The van der Waals surface area contributed by atoms with Gasteiger partial charge in [-0.3, -0.25) is 9.59 Å². The number of nitrogens with one attached hydrogen (secondary N) is 1. The Labute approximate surface area is 125 Å². The van der Waals surface area contributed by atoms with E-state index in [1.54, 1.807) is 0 Å². The van der Waals surface area contributed by atoms with Gasteiger partial charge in [0.05, 0.1) is 11.0 Å². The third-order valence-electron chi connectivity index (χ3n) is 4.98. The molecule has 0 bridgehead atoms. The molecular formula is C15H26N2O4. The number of ether oxygens (including phenoxy) is 1. The molecule has 6 nitrogen and oxygen atoms in total. The molecule has 0 aromatic rings. The van der Waals surface area contributed by atoms with Crippen molar-refractivity contribution in [2.45, 2.75) is 51.0 Å². The topological polar surface area (TPSA) is 102 Å². The second-order valence-electron chi connectivity index (χ2n) is 6.74. The zero-order chi connectivity index (χ0) is 15.5. The molecule has 1 saturated heterocycles. The standard InChI is InChI=1S/C15H26N2O4/c1-11-3-2-4-15(16,9-11)12(18)17-10-14(13(19)20)5-7-21-8-6-14/h11H,2-10,16H2,1H3,(H,17,18)(H,19,20). The van der Waals surface area contributed by atoms with E-state index >= 15 is 0 Å². The minimum absolute atomic E-state index is 0.137. The van der Waals surface area contributed by atoms with Crippen LogP contribution in [0.15, 0.2) is 0 Å². The van der Waals surface area contributed by atoms with Crippen LogP contribution in [0, 0.1) is 11.3 Å². The first-order valence-electron chi connectivity index (χ1n) is 7.76. The molecule has 2 aliphatic rings. The Bertz CT molecular complexity index is 406. The monoisotopic (exact) mass is 298 g/mol. The number of hydrogen-bond acceptors (Lipinski definition) is 4. The number of hydrogen-bond donors (Lipinski definition) is 3. The van der Waals surface area contributed by atoms with E-state index < -0.39 is 16.9 Å². The summed E-state index contributed by atoms with van der Waals surface area (Å²) in [5, 5.41) is 12.3. The molecule has 1 aliphatic carbocycles. The van der Waals surface area contributed by atoms with E-state index in [9.17, 15) is 14.7 Å². The molecule has 2 fully saturated rings. The van der Waals surface area contributed by atoms with Crippen molar-refractivity contribution in [3.05, 3.63) is 0 Å². The van der Waals surface area contributed by atoms with Gasteiger partial charge in [-0.05, 0) is 31.6 Å². The van der Waals surface area contributed by atoms with Gasteiger partial charge in [-0.2, -0.15) is 0 Å². The first-order valence-corrected chi connectivity index (χ1v) is 7.76. The summed E-state index contributed by atoms with van der Waals surface area (Å²) in [6.07, 6.45) is 4.24. The van der Waals surface area contributed by atoms with Gasteiger partial charge < -0.3 is 20.9 Å². The Morgan fingerprint density at radius 1 is 1.33 bits per heavy atom. The van der Waals surface area contributed by atoms with Crippen molar-refractivity contribution in [1.82, 2.24) is 5.32 Å². The molecule has 21 heavy (non-hydrogen) atoms. The average molecular weight is 298 g/mol. The molecular weight excluding hydrogens is 272 g/mol. The molecule has 2 atom stereocenters. The second-order valence-corrected chi connectivity index (χ2v) is 6.74. The first-order chi connectivity index (χ1) is 9.88. The van der Waals surface area contributed by atoms with Crippen molar-refractivity contribution >= 4 is 11.9 Å². The molecule has 1 amide bonds. The Morgan fingerprint density at radius 2 is 2.00 bits per heavy atom. The highest BCUT2D eigenvalue weighted by atomic mass is 16.5. The van der Waals surface area contributed by atoms with E-state index in [4.69, 9.17) is 10.5 Å². The van der Waals surface area contributed by atoms with Crippen LogP contribution in [0.2, 0.25) is 0 Å². The molecule has 6 heteroatoms. The summed E-state index contributed by atoms with van der Waals surface area (Å²) >= 11 is 0. The number of nitrogens with two attached hydrogens (primary N) is 1. The molecule has 1 saturated carbocycles. The summed E-state index contributed by atoms with van der Waals surface area (Å²) in [6, 6.07) is 0. The molecule has 2 rings (SSSR count). The van der Waals surface area contributed by atoms with Crippen LogP contribution < -0.4 is 11.1 Å². The van der Waals surface area contributed by atoms with Crippen molar-refractivity contribution in [2.75, 3.05) is 19.8 Å². The lowest BCUT2D eigenvalue weighted by atomic mass is 9.76. The van der Waals surface area contributed by atoms with Crippen molar-refractivity contribution in [1.29, 1.82) is 0 Å². The maximum Gasteiger partial charge on any atom is 0.311 e. The highest BCUT2D eigenvalue weighted by molar-refractivity contribution is 5.87. The van der Waals surface area contributed by atoms with Crippen LogP contribution in [0.3, 0.4) is 0 Å². The summed E-state index contributed by atoms with van der Waals surface area (Å²) < 4.78 is 5.23. The van der Waals surface area contributed by atoms with Crippen LogP contribution in [0.4, 0.5) is 0 Å². The van der Waals surface area contributed by atoms with Gasteiger partial charge in [0.15, 0.2) is 0 Å². The van der Waals surface area contributed by atoms with Gasteiger partial charge in [0.25, 0.3) is 0 Å². The largest absolute Gasteiger partial charge is 0.481 e. The van der Waals surface area contributed by atoms with E-state index in [1.165, 1.54) is 0 Å². The van der Waals surface area contributed by atoms with Crippen LogP contribution in [0.1, 0.15) is 45.4 Å².